The Labute approximate surface area is 174 Å². The highest BCUT2D eigenvalue weighted by Gasteiger charge is 2.12. The number of para-hydroxylation sites is 1. The Kier molecular flexibility index (Phi) is 4.57. The number of ether oxygens (including phenoxy) is 1. The molecule has 0 N–H and O–H groups in total. The van der Waals surface area contributed by atoms with E-state index in [2.05, 4.69) is 10.1 Å². The molecule has 0 unspecified atom stereocenters. The first-order valence-corrected chi connectivity index (χ1v) is 9.97. The number of thiazole rings is 1. The smallest absolute Gasteiger partial charge is 0.291 e. The summed E-state index contributed by atoms with van der Waals surface area (Å²) in [6.07, 6.45) is 1.79. The van der Waals surface area contributed by atoms with Gasteiger partial charge < -0.3 is 4.74 Å². The number of halogens is 1. The average molecular weight is 415 g/mol. The van der Waals surface area contributed by atoms with Crippen LogP contribution in [0.15, 0.2) is 83.7 Å². The van der Waals surface area contributed by atoms with Crippen molar-refractivity contribution in [2.75, 3.05) is 0 Å². The summed E-state index contributed by atoms with van der Waals surface area (Å²) >= 11 is 1.25. The maximum atomic E-state index is 13.1. The molecule has 30 heavy (non-hydrogen) atoms. The number of aromatic nitrogens is 3. The van der Waals surface area contributed by atoms with Gasteiger partial charge >= 0.3 is 0 Å². The second-order valence-electron chi connectivity index (χ2n) is 6.54. The van der Waals surface area contributed by atoms with Crippen molar-refractivity contribution in [3.8, 4) is 22.9 Å². The lowest BCUT2D eigenvalue weighted by Crippen LogP contribution is -2.23. The highest BCUT2D eigenvalue weighted by molar-refractivity contribution is 7.15. The maximum Gasteiger partial charge on any atom is 0.291 e. The summed E-state index contributed by atoms with van der Waals surface area (Å²) in [6.45, 7) is 0. The quantitative estimate of drug-likeness (QED) is 0.439. The van der Waals surface area contributed by atoms with Crippen LogP contribution in [-0.4, -0.2) is 14.6 Å². The fraction of sp³-hybridized carbons (Fsp3) is 0. The standard InChI is InChI=1S/C23H14FN3O2S/c24-17-11-9-16(10-12-17)21-25-23-27(26-21)22(28)20(30-23)14-15-5-4-8-19(13-15)29-18-6-2-1-3-7-18/h1-14H. The Morgan fingerprint density at radius 2 is 1.70 bits per heavy atom. The maximum absolute atomic E-state index is 13.1. The van der Waals surface area contributed by atoms with Gasteiger partial charge in [-0.15, -0.1) is 5.10 Å². The molecule has 5 rings (SSSR count). The Hall–Kier alpha value is -3.84. The van der Waals surface area contributed by atoms with Gasteiger partial charge in [-0.05, 0) is 60.2 Å². The van der Waals surface area contributed by atoms with Gasteiger partial charge in [0, 0.05) is 5.56 Å². The molecule has 2 aromatic heterocycles. The molecule has 0 atom stereocenters. The molecule has 3 aromatic carbocycles. The molecule has 0 fully saturated rings. The molecule has 7 heteroatoms. The zero-order valence-electron chi connectivity index (χ0n) is 15.5. The number of hydrogen-bond acceptors (Lipinski definition) is 5. The van der Waals surface area contributed by atoms with E-state index in [1.54, 1.807) is 18.2 Å². The molecule has 0 aliphatic carbocycles. The van der Waals surface area contributed by atoms with E-state index in [9.17, 15) is 9.18 Å². The Morgan fingerprint density at radius 1 is 0.933 bits per heavy atom. The molecule has 2 heterocycles. The second-order valence-corrected chi connectivity index (χ2v) is 7.55. The van der Waals surface area contributed by atoms with E-state index in [-0.39, 0.29) is 11.4 Å². The van der Waals surface area contributed by atoms with Crippen molar-refractivity contribution in [1.82, 2.24) is 14.6 Å². The molecule has 0 radical (unpaired) electrons. The van der Waals surface area contributed by atoms with E-state index in [1.807, 2.05) is 54.6 Å². The van der Waals surface area contributed by atoms with E-state index in [0.717, 1.165) is 11.3 Å². The van der Waals surface area contributed by atoms with Crippen molar-refractivity contribution in [3.05, 3.63) is 105 Å². The van der Waals surface area contributed by atoms with Crippen LogP contribution in [0.4, 0.5) is 4.39 Å². The van der Waals surface area contributed by atoms with Gasteiger partial charge in [0.2, 0.25) is 4.96 Å². The zero-order valence-corrected chi connectivity index (χ0v) is 16.3. The van der Waals surface area contributed by atoms with Crippen LogP contribution in [-0.2, 0) is 0 Å². The minimum absolute atomic E-state index is 0.245. The van der Waals surface area contributed by atoms with E-state index in [4.69, 9.17) is 4.74 Å². The van der Waals surface area contributed by atoms with E-state index in [0.29, 0.717) is 26.6 Å². The summed E-state index contributed by atoms with van der Waals surface area (Å²) in [5.41, 5.74) is 1.25. The lowest BCUT2D eigenvalue weighted by atomic mass is 10.2. The van der Waals surface area contributed by atoms with Crippen molar-refractivity contribution in [1.29, 1.82) is 0 Å². The number of rotatable bonds is 4. The first kappa shape index (κ1) is 18.2. The van der Waals surface area contributed by atoms with Gasteiger partial charge in [-0.1, -0.05) is 41.7 Å². The normalized spacial score (nSPS) is 11.8. The molecule has 5 aromatic rings. The number of hydrogen-bond donors (Lipinski definition) is 0. The van der Waals surface area contributed by atoms with Crippen LogP contribution in [0.1, 0.15) is 5.56 Å². The molecular formula is C23H14FN3O2S. The molecule has 5 nitrogen and oxygen atoms in total. The fourth-order valence-corrected chi connectivity index (χ4v) is 3.91. The third-order valence-corrected chi connectivity index (χ3v) is 5.38. The molecule has 0 aliphatic rings. The van der Waals surface area contributed by atoms with Crippen LogP contribution in [0.2, 0.25) is 0 Å². The summed E-state index contributed by atoms with van der Waals surface area (Å²) in [5.74, 6) is 1.48. The predicted molar refractivity (Wildman–Crippen MR) is 114 cm³/mol. The van der Waals surface area contributed by atoms with Crippen molar-refractivity contribution in [2.45, 2.75) is 0 Å². The van der Waals surface area contributed by atoms with Gasteiger partial charge in [0.15, 0.2) is 5.82 Å². The van der Waals surface area contributed by atoms with Gasteiger partial charge in [-0.2, -0.15) is 9.50 Å². The van der Waals surface area contributed by atoms with E-state index >= 15 is 0 Å². The summed E-state index contributed by atoms with van der Waals surface area (Å²) < 4.78 is 20.8. The van der Waals surface area contributed by atoms with Crippen molar-refractivity contribution in [3.63, 3.8) is 0 Å². The summed E-state index contributed by atoms with van der Waals surface area (Å²) in [4.78, 5) is 17.7. The molecule has 0 bridgehead atoms. The van der Waals surface area contributed by atoms with Crippen LogP contribution < -0.4 is 14.8 Å². The summed E-state index contributed by atoms with van der Waals surface area (Å²) in [7, 11) is 0. The monoisotopic (exact) mass is 415 g/mol. The van der Waals surface area contributed by atoms with Crippen molar-refractivity contribution >= 4 is 22.4 Å². The molecule has 146 valence electrons. The summed E-state index contributed by atoms with van der Waals surface area (Å²) in [6, 6.07) is 22.9. The van der Waals surface area contributed by atoms with Crippen LogP contribution in [0.5, 0.6) is 11.5 Å². The predicted octanol–water partition coefficient (Wildman–Crippen LogP) is 4.30. The first-order valence-electron chi connectivity index (χ1n) is 9.16. The van der Waals surface area contributed by atoms with Crippen molar-refractivity contribution in [2.24, 2.45) is 0 Å². The Bertz CT molecular complexity index is 1440. The summed E-state index contributed by atoms with van der Waals surface area (Å²) in [5, 5.41) is 4.28. The highest BCUT2D eigenvalue weighted by atomic mass is 32.1. The van der Waals surface area contributed by atoms with E-state index in [1.165, 1.54) is 28.0 Å². The number of fused-ring (bicyclic) bond motifs is 1. The number of nitrogens with zero attached hydrogens (tertiary/aromatic N) is 3. The largest absolute Gasteiger partial charge is 0.457 e. The number of benzene rings is 3. The Balaban J connectivity index is 1.48. The minimum atomic E-state index is -0.334. The van der Waals surface area contributed by atoms with Gasteiger partial charge in [0.05, 0.1) is 4.53 Å². The average Bonchev–Trinajstić information content (AvgIpc) is 3.29. The topological polar surface area (TPSA) is 56.5 Å². The molecule has 0 aliphatic heterocycles. The third-order valence-electron chi connectivity index (χ3n) is 4.42. The van der Waals surface area contributed by atoms with Gasteiger partial charge in [-0.25, -0.2) is 4.39 Å². The second kappa shape index (κ2) is 7.53. The molecule has 0 spiro atoms. The first-order chi connectivity index (χ1) is 14.7. The van der Waals surface area contributed by atoms with Gasteiger partial charge in [-0.3, -0.25) is 4.79 Å². The van der Waals surface area contributed by atoms with Crippen molar-refractivity contribution < 1.29 is 9.13 Å². The van der Waals surface area contributed by atoms with E-state index < -0.39 is 0 Å². The molecule has 0 amide bonds. The van der Waals surface area contributed by atoms with Crippen LogP contribution in [0.25, 0.3) is 22.4 Å². The van der Waals surface area contributed by atoms with Gasteiger partial charge in [0.1, 0.15) is 17.3 Å². The molecular weight excluding hydrogens is 401 g/mol. The van der Waals surface area contributed by atoms with Crippen LogP contribution in [0, 0.1) is 5.82 Å². The lowest BCUT2D eigenvalue weighted by Gasteiger charge is -2.05. The van der Waals surface area contributed by atoms with Crippen LogP contribution >= 0.6 is 11.3 Å². The molecule has 0 saturated heterocycles. The molecule has 0 saturated carbocycles. The minimum Gasteiger partial charge on any atom is -0.457 e. The highest BCUT2D eigenvalue weighted by Crippen LogP contribution is 2.22. The lowest BCUT2D eigenvalue weighted by molar-refractivity contribution is 0.482. The van der Waals surface area contributed by atoms with Crippen LogP contribution in [0.3, 0.4) is 0 Å². The SMILES string of the molecule is O=c1c(=Cc2cccc(Oc3ccccc3)c2)sc2nc(-c3ccc(F)cc3)nn12. The fourth-order valence-electron chi connectivity index (χ4n) is 3.00. The third kappa shape index (κ3) is 3.58. The zero-order chi connectivity index (χ0) is 20.5. The Morgan fingerprint density at radius 3 is 2.47 bits per heavy atom. The van der Waals surface area contributed by atoms with Gasteiger partial charge in [0.25, 0.3) is 5.56 Å².